The Morgan fingerprint density at radius 3 is 2.73 bits per heavy atom. The molecule has 0 spiro atoms. The zero-order valence-corrected chi connectivity index (χ0v) is 14.0. The van der Waals surface area contributed by atoms with Gasteiger partial charge in [-0.2, -0.15) is 0 Å². The van der Waals surface area contributed by atoms with Crippen LogP contribution in [0.1, 0.15) is 48.7 Å². The number of ketones is 1. The summed E-state index contributed by atoms with van der Waals surface area (Å²) in [7, 11) is 0. The van der Waals surface area contributed by atoms with Gasteiger partial charge in [0.05, 0.1) is 17.6 Å². The number of halogens is 2. The second-order valence-corrected chi connectivity index (χ2v) is 6.88. The minimum Gasteiger partial charge on any atom is -0.390 e. The van der Waals surface area contributed by atoms with Gasteiger partial charge in [-0.05, 0) is 44.0 Å². The number of nitrogens with one attached hydrogen (secondary N) is 1. The maximum Gasteiger partial charge on any atom is 0.220 e. The maximum absolute atomic E-state index is 12.5. The maximum atomic E-state index is 12.5. The summed E-state index contributed by atoms with van der Waals surface area (Å²) in [6, 6.07) is 4.24. The van der Waals surface area contributed by atoms with E-state index in [1.165, 1.54) is 0 Å². The standard InChI is InChI=1S/C16H19Cl2NO3/c1-16(2)14(21)10-6-5-9(18)8-11(10)13(15(16)22)19-12(20)4-3-7-17/h5-6,8,13,15,22H,3-4,7H2,1-2H3,(H,19,20). The number of carbonyl (C=O) groups excluding carboxylic acids is 2. The fourth-order valence-electron chi connectivity index (χ4n) is 2.70. The molecule has 0 radical (unpaired) electrons. The van der Waals surface area contributed by atoms with Crippen molar-refractivity contribution in [2.24, 2.45) is 5.41 Å². The Morgan fingerprint density at radius 2 is 2.09 bits per heavy atom. The predicted molar refractivity (Wildman–Crippen MR) is 86.4 cm³/mol. The summed E-state index contributed by atoms with van der Waals surface area (Å²) in [5.74, 6) is 0.0336. The molecule has 1 aliphatic rings. The topological polar surface area (TPSA) is 66.4 Å². The van der Waals surface area contributed by atoms with Gasteiger partial charge in [-0.15, -0.1) is 11.6 Å². The molecule has 0 aromatic heterocycles. The van der Waals surface area contributed by atoms with E-state index in [2.05, 4.69) is 5.32 Å². The third kappa shape index (κ3) is 3.14. The van der Waals surface area contributed by atoms with Gasteiger partial charge in [-0.1, -0.05) is 11.6 Å². The van der Waals surface area contributed by atoms with E-state index in [0.717, 1.165) is 0 Å². The van der Waals surface area contributed by atoms with Crippen molar-refractivity contribution in [2.75, 3.05) is 5.88 Å². The number of aliphatic hydroxyl groups excluding tert-OH is 1. The van der Waals surface area contributed by atoms with Crippen molar-refractivity contribution in [3.05, 3.63) is 34.3 Å². The van der Waals surface area contributed by atoms with Gasteiger partial charge in [0, 0.05) is 22.9 Å². The molecule has 22 heavy (non-hydrogen) atoms. The minimum atomic E-state index is -1.02. The molecule has 6 heteroatoms. The average Bonchev–Trinajstić information content (AvgIpc) is 2.47. The summed E-state index contributed by atoms with van der Waals surface area (Å²) < 4.78 is 0. The van der Waals surface area contributed by atoms with Gasteiger partial charge in [0.2, 0.25) is 5.91 Å². The monoisotopic (exact) mass is 343 g/mol. The summed E-state index contributed by atoms with van der Waals surface area (Å²) in [5.41, 5.74) is 0.0662. The Hall–Kier alpha value is -1.10. The SMILES string of the molecule is CC1(C)C(=O)c2ccc(Cl)cc2C(NC(=O)CCCCl)C1O. The quantitative estimate of drug-likeness (QED) is 0.825. The lowest BCUT2D eigenvalue weighted by Gasteiger charge is -2.41. The number of carbonyl (C=O) groups is 2. The Balaban J connectivity index is 2.39. The summed E-state index contributed by atoms with van der Waals surface area (Å²) in [4.78, 5) is 24.5. The van der Waals surface area contributed by atoms with Crippen LogP contribution >= 0.6 is 23.2 Å². The second kappa shape index (κ2) is 6.57. The fourth-order valence-corrected chi connectivity index (χ4v) is 3.01. The molecule has 1 aromatic carbocycles. The van der Waals surface area contributed by atoms with E-state index in [-0.39, 0.29) is 18.1 Å². The van der Waals surface area contributed by atoms with E-state index in [9.17, 15) is 14.7 Å². The number of aliphatic hydroxyl groups is 1. The van der Waals surface area contributed by atoms with Crippen molar-refractivity contribution in [3.8, 4) is 0 Å². The van der Waals surface area contributed by atoms with Crippen LogP contribution in [0.5, 0.6) is 0 Å². The molecule has 1 amide bonds. The van der Waals surface area contributed by atoms with E-state index in [1.54, 1.807) is 32.0 Å². The molecule has 2 unspecified atom stereocenters. The molecular formula is C16H19Cl2NO3. The third-order valence-electron chi connectivity index (χ3n) is 4.09. The first-order chi connectivity index (χ1) is 10.3. The molecule has 0 saturated carbocycles. The highest BCUT2D eigenvalue weighted by molar-refractivity contribution is 6.30. The van der Waals surface area contributed by atoms with Crippen molar-refractivity contribution < 1.29 is 14.7 Å². The summed E-state index contributed by atoms with van der Waals surface area (Å²) >= 11 is 11.6. The molecule has 2 N–H and O–H groups in total. The van der Waals surface area contributed by atoms with Crippen LogP contribution in [0, 0.1) is 5.41 Å². The number of alkyl halides is 1. The predicted octanol–water partition coefficient (Wildman–Crippen LogP) is 3.10. The lowest BCUT2D eigenvalue weighted by molar-refractivity contribution is -0.123. The van der Waals surface area contributed by atoms with Crippen LogP contribution in [0.3, 0.4) is 0 Å². The van der Waals surface area contributed by atoms with E-state index in [0.29, 0.717) is 28.5 Å². The van der Waals surface area contributed by atoms with Crippen molar-refractivity contribution in [1.82, 2.24) is 5.32 Å². The average molecular weight is 344 g/mol. The van der Waals surface area contributed by atoms with Crippen LogP contribution in [0.2, 0.25) is 5.02 Å². The van der Waals surface area contributed by atoms with E-state index < -0.39 is 17.6 Å². The Bertz CT molecular complexity index is 601. The molecule has 1 aliphatic carbocycles. The molecule has 0 bridgehead atoms. The van der Waals surface area contributed by atoms with Crippen LogP contribution in [-0.2, 0) is 4.79 Å². The third-order valence-corrected chi connectivity index (χ3v) is 4.59. The number of hydrogen-bond donors (Lipinski definition) is 2. The first-order valence-electron chi connectivity index (χ1n) is 7.16. The van der Waals surface area contributed by atoms with Crippen molar-refractivity contribution in [2.45, 2.75) is 38.8 Å². The Kier molecular flexibility index (Phi) is 5.15. The van der Waals surface area contributed by atoms with Crippen LogP contribution in [-0.4, -0.2) is 28.8 Å². The number of fused-ring (bicyclic) bond motifs is 1. The summed E-state index contributed by atoms with van der Waals surface area (Å²) in [5, 5.41) is 13.8. The first kappa shape index (κ1) is 17.3. The highest BCUT2D eigenvalue weighted by Gasteiger charge is 2.47. The molecule has 4 nitrogen and oxygen atoms in total. The van der Waals surface area contributed by atoms with Gasteiger partial charge in [0.1, 0.15) is 0 Å². The zero-order valence-electron chi connectivity index (χ0n) is 12.5. The largest absolute Gasteiger partial charge is 0.390 e. The number of amides is 1. The molecule has 0 aliphatic heterocycles. The number of rotatable bonds is 4. The van der Waals surface area contributed by atoms with Crippen LogP contribution in [0.4, 0.5) is 0 Å². The van der Waals surface area contributed by atoms with Crippen molar-refractivity contribution in [3.63, 3.8) is 0 Å². The number of Topliss-reactive ketones (excluding diaryl/α,β-unsaturated/α-hetero) is 1. The molecule has 1 aromatic rings. The number of hydrogen-bond acceptors (Lipinski definition) is 3. The Morgan fingerprint density at radius 1 is 1.41 bits per heavy atom. The van der Waals surface area contributed by atoms with Gasteiger partial charge >= 0.3 is 0 Å². The van der Waals surface area contributed by atoms with Crippen LogP contribution < -0.4 is 5.32 Å². The van der Waals surface area contributed by atoms with Crippen molar-refractivity contribution >= 4 is 34.9 Å². The molecule has 2 rings (SSSR count). The Labute approximate surface area is 139 Å². The summed E-state index contributed by atoms with van der Waals surface area (Å²) in [6.45, 7) is 3.35. The van der Waals surface area contributed by atoms with E-state index in [4.69, 9.17) is 23.2 Å². The molecule has 0 heterocycles. The second-order valence-electron chi connectivity index (χ2n) is 6.06. The number of benzene rings is 1. The zero-order chi connectivity index (χ0) is 16.5. The van der Waals surface area contributed by atoms with Crippen molar-refractivity contribution in [1.29, 1.82) is 0 Å². The highest BCUT2D eigenvalue weighted by atomic mass is 35.5. The van der Waals surface area contributed by atoms with Gasteiger partial charge in [-0.25, -0.2) is 0 Å². The van der Waals surface area contributed by atoms with Gasteiger partial charge in [-0.3, -0.25) is 9.59 Å². The first-order valence-corrected chi connectivity index (χ1v) is 8.08. The fraction of sp³-hybridized carbons (Fsp3) is 0.500. The lowest BCUT2D eigenvalue weighted by Crippen LogP contribution is -2.51. The van der Waals surface area contributed by atoms with E-state index in [1.807, 2.05) is 0 Å². The van der Waals surface area contributed by atoms with Gasteiger partial charge in [0.15, 0.2) is 5.78 Å². The van der Waals surface area contributed by atoms with Gasteiger partial charge in [0.25, 0.3) is 0 Å². The molecule has 0 saturated heterocycles. The minimum absolute atomic E-state index is 0.155. The highest BCUT2D eigenvalue weighted by Crippen LogP contribution is 2.41. The van der Waals surface area contributed by atoms with E-state index >= 15 is 0 Å². The molecular weight excluding hydrogens is 325 g/mol. The molecule has 120 valence electrons. The smallest absolute Gasteiger partial charge is 0.220 e. The lowest BCUT2D eigenvalue weighted by atomic mass is 9.68. The normalized spacial score (nSPS) is 23.0. The summed E-state index contributed by atoms with van der Waals surface area (Å²) in [6.07, 6.45) is -0.191. The molecule has 2 atom stereocenters. The van der Waals surface area contributed by atoms with Gasteiger partial charge < -0.3 is 10.4 Å². The van der Waals surface area contributed by atoms with Crippen LogP contribution in [0.15, 0.2) is 18.2 Å². The van der Waals surface area contributed by atoms with Crippen LogP contribution in [0.25, 0.3) is 0 Å². The molecule has 0 fully saturated rings.